The van der Waals surface area contributed by atoms with Crippen LogP contribution in [0, 0.1) is 16.2 Å². The summed E-state index contributed by atoms with van der Waals surface area (Å²) in [4.78, 5) is 12.2. The molecule has 1 amide bonds. The lowest BCUT2D eigenvalue weighted by molar-refractivity contribution is -0.130. The number of amides is 1. The molecule has 18 heavy (non-hydrogen) atoms. The zero-order valence-electron chi connectivity index (χ0n) is 13.7. The Kier molecular flexibility index (Phi) is 5.90. The van der Waals surface area contributed by atoms with E-state index in [0.29, 0.717) is 5.41 Å². The normalized spacial score (nSPS) is 13.6. The van der Waals surface area contributed by atoms with Crippen molar-refractivity contribution in [1.29, 1.82) is 0 Å². The van der Waals surface area contributed by atoms with E-state index < -0.39 is 0 Å². The highest BCUT2D eigenvalue weighted by Gasteiger charge is 2.30. The third kappa shape index (κ3) is 7.03. The topological polar surface area (TPSA) is 29.1 Å². The predicted molar refractivity (Wildman–Crippen MR) is 79.6 cm³/mol. The second-order valence-corrected chi connectivity index (χ2v) is 8.14. The molecule has 0 aliphatic carbocycles. The van der Waals surface area contributed by atoms with Gasteiger partial charge in [-0.1, -0.05) is 55.4 Å². The molecule has 0 bridgehead atoms. The van der Waals surface area contributed by atoms with Crippen molar-refractivity contribution in [2.24, 2.45) is 16.2 Å². The fourth-order valence-corrected chi connectivity index (χ4v) is 1.48. The van der Waals surface area contributed by atoms with Gasteiger partial charge < -0.3 is 5.32 Å². The summed E-state index contributed by atoms with van der Waals surface area (Å²) in [5, 5.41) is 3.11. The van der Waals surface area contributed by atoms with Crippen LogP contribution in [-0.2, 0) is 4.79 Å². The Morgan fingerprint density at radius 2 is 1.44 bits per heavy atom. The zero-order valence-corrected chi connectivity index (χ0v) is 13.7. The van der Waals surface area contributed by atoms with Crippen LogP contribution in [0.3, 0.4) is 0 Å². The average molecular weight is 255 g/mol. The minimum absolute atomic E-state index is 0.188. The zero-order chi connectivity index (χ0) is 14.6. The number of nitrogens with one attached hydrogen (secondary N) is 1. The first kappa shape index (κ1) is 17.5. The highest BCUT2D eigenvalue weighted by molar-refractivity contribution is 5.81. The standard InChI is InChI=1S/C16H33NO/c1-9-15(5,6)12-17-13(18)16(7,8)11-10-14(2,3)4/h9-12H2,1-8H3,(H,17,18). The molecule has 0 heterocycles. The molecule has 1 N–H and O–H groups in total. The van der Waals surface area contributed by atoms with Gasteiger partial charge in [0.2, 0.25) is 5.91 Å². The van der Waals surface area contributed by atoms with E-state index in [4.69, 9.17) is 0 Å². The summed E-state index contributed by atoms with van der Waals surface area (Å²) >= 11 is 0. The Hall–Kier alpha value is -0.530. The molecule has 0 saturated carbocycles. The first-order chi connectivity index (χ1) is 7.90. The van der Waals surface area contributed by atoms with Crippen molar-refractivity contribution in [2.75, 3.05) is 6.54 Å². The molecule has 0 aliphatic rings. The predicted octanol–water partition coefficient (Wildman–Crippen LogP) is 4.39. The van der Waals surface area contributed by atoms with Crippen LogP contribution in [0.25, 0.3) is 0 Å². The highest BCUT2D eigenvalue weighted by atomic mass is 16.2. The minimum atomic E-state index is -0.267. The van der Waals surface area contributed by atoms with Gasteiger partial charge in [-0.25, -0.2) is 0 Å². The highest BCUT2D eigenvalue weighted by Crippen LogP contribution is 2.30. The first-order valence-electron chi connectivity index (χ1n) is 7.18. The van der Waals surface area contributed by atoms with Gasteiger partial charge in [-0.05, 0) is 30.1 Å². The SMILES string of the molecule is CCC(C)(C)CNC(=O)C(C)(C)CCC(C)(C)C. The maximum atomic E-state index is 12.2. The largest absolute Gasteiger partial charge is 0.355 e. The van der Waals surface area contributed by atoms with Crippen molar-refractivity contribution in [2.45, 2.75) is 74.7 Å². The van der Waals surface area contributed by atoms with Crippen LogP contribution in [0.4, 0.5) is 0 Å². The Morgan fingerprint density at radius 3 is 1.83 bits per heavy atom. The van der Waals surface area contributed by atoms with Gasteiger partial charge in [0.25, 0.3) is 0 Å². The summed E-state index contributed by atoms with van der Waals surface area (Å²) in [5.41, 5.74) is 0.215. The van der Waals surface area contributed by atoms with Crippen molar-refractivity contribution in [3.8, 4) is 0 Å². The van der Waals surface area contributed by atoms with E-state index >= 15 is 0 Å². The molecular weight excluding hydrogens is 222 g/mol. The maximum Gasteiger partial charge on any atom is 0.225 e. The van der Waals surface area contributed by atoms with Crippen LogP contribution in [0.1, 0.15) is 74.7 Å². The average Bonchev–Trinajstić information content (AvgIpc) is 2.22. The molecule has 0 aliphatic heterocycles. The number of carbonyl (C=O) groups excluding carboxylic acids is 1. The molecule has 2 nitrogen and oxygen atoms in total. The molecule has 0 fully saturated rings. The smallest absolute Gasteiger partial charge is 0.225 e. The second kappa shape index (κ2) is 6.08. The third-order valence-electron chi connectivity index (χ3n) is 3.80. The van der Waals surface area contributed by atoms with E-state index in [1.54, 1.807) is 0 Å². The molecule has 0 atom stereocenters. The van der Waals surface area contributed by atoms with Gasteiger partial charge in [0.1, 0.15) is 0 Å². The van der Waals surface area contributed by atoms with Gasteiger partial charge in [0, 0.05) is 12.0 Å². The van der Waals surface area contributed by atoms with Crippen LogP contribution in [0.2, 0.25) is 0 Å². The molecule has 0 saturated heterocycles. The van der Waals surface area contributed by atoms with E-state index in [2.05, 4.69) is 46.9 Å². The summed E-state index contributed by atoms with van der Waals surface area (Å²) in [6, 6.07) is 0. The number of rotatable bonds is 6. The molecule has 0 aromatic carbocycles. The molecule has 0 aromatic heterocycles. The Balaban J connectivity index is 4.31. The summed E-state index contributed by atoms with van der Waals surface area (Å²) in [6.07, 6.45) is 3.09. The van der Waals surface area contributed by atoms with Crippen molar-refractivity contribution in [3.63, 3.8) is 0 Å². The summed E-state index contributed by atoms with van der Waals surface area (Å²) in [6.45, 7) is 18.1. The Morgan fingerprint density at radius 1 is 0.944 bits per heavy atom. The van der Waals surface area contributed by atoms with Crippen LogP contribution in [-0.4, -0.2) is 12.5 Å². The minimum Gasteiger partial charge on any atom is -0.355 e. The number of hydrogen-bond acceptors (Lipinski definition) is 1. The number of carbonyl (C=O) groups is 1. The molecular formula is C16H33NO. The van der Waals surface area contributed by atoms with Crippen LogP contribution in [0.5, 0.6) is 0 Å². The lowest BCUT2D eigenvalue weighted by Crippen LogP contribution is -2.41. The maximum absolute atomic E-state index is 12.2. The van der Waals surface area contributed by atoms with E-state index in [-0.39, 0.29) is 16.7 Å². The van der Waals surface area contributed by atoms with Crippen LogP contribution < -0.4 is 5.32 Å². The van der Waals surface area contributed by atoms with Crippen molar-refractivity contribution in [1.82, 2.24) is 5.32 Å². The third-order valence-corrected chi connectivity index (χ3v) is 3.80. The van der Waals surface area contributed by atoms with Crippen molar-refractivity contribution >= 4 is 5.91 Å². The second-order valence-electron chi connectivity index (χ2n) is 8.14. The molecule has 0 rings (SSSR count). The Bertz CT molecular complexity index is 271. The fourth-order valence-electron chi connectivity index (χ4n) is 1.48. The van der Waals surface area contributed by atoms with Gasteiger partial charge in [-0.15, -0.1) is 0 Å². The van der Waals surface area contributed by atoms with Gasteiger partial charge >= 0.3 is 0 Å². The quantitative estimate of drug-likeness (QED) is 0.749. The Labute approximate surface area is 114 Å². The van der Waals surface area contributed by atoms with Gasteiger partial charge in [-0.2, -0.15) is 0 Å². The molecule has 0 radical (unpaired) electrons. The van der Waals surface area contributed by atoms with Gasteiger partial charge in [0.05, 0.1) is 0 Å². The van der Waals surface area contributed by atoms with Crippen molar-refractivity contribution in [3.05, 3.63) is 0 Å². The van der Waals surface area contributed by atoms with E-state index in [9.17, 15) is 4.79 Å². The molecule has 0 unspecified atom stereocenters. The lowest BCUT2D eigenvalue weighted by Gasteiger charge is -2.30. The van der Waals surface area contributed by atoms with E-state index in [1.165, 1.54) is 0 Å². The summed E-state index contributed by atoms with van der Waals surface area (Å²) < 4.78 is 0. The van der Waals surface area contributed by atoms with Crippen LogP contribution >= 0.6 is 0 Å². The first-order valence-corrected chi connectivity index (χ1v) is 7.18. The van der Waals surface area contributed by atoms with E-state index in [0.717, 1.165) is 25.8 Å². The van der Waals surface area contributed by atoms with Crippen molar-refractivity contribution < 1.29 is 4.79 Å². The van der Waals surface area contributed by atoms with Crippen LogP contribution in [0.15, 0.2) is 0 Å². The fraction of sp³-hybridized carbons (Fsp3) is 0.938. The molecule has 108 valence electrons. The van der Waals surface area contributed by atoms with E-state index in [1.807, 2.05) is 13.8 Å². The van der Waals surface area contributed by atoms with Gasteiger partial charge in [0.15, 0.2) is 0 Å². The van der Waals surface area contributed by atoms with Gasteiger partial charge in [-0.3, -0.25) is 4.79 Å². The molecule has 0 spiro atoms. The lowest BCUT2D eigenvalue weighted by atomic mass is 9.79. The summed E-state index contributed by atoms with van der Waals surface area (Å²) in [7, 11) is 0. The molecule has 2 heteroatoms. The monoisotopic (exact) mass is 255 g/mol. The molecule has 0 aromatic rings. The number of hydrogen-bond donors (Lipinski definition) is 1. The summed E-state index contributed by atoms with van der Waals surface area (Å²) in [5.74, 6) is 0.188.